The van der Waals surface area contributed by atoms with E-state index in [9.17, 15) is 9.59 Å². The number of nitrogens with zero attached hydrogens (tertiary/aromatic N) is 2. The van der Waals surface area contributed by atoms with Gasteiger partial charge in [0.15, 0.2) is 0 Å². The van der Waals surface area contributed by atoms with E-state index in [2.05, 4.69) is 4.90 Å². The van der Waals surface area contributed by atoms with Crippen molar-refractivity contribution in [3.63, 3.8) is 0 Å². The molecule has 0 radical (unpaired) electrons. The van der Waals surface area contributed by atoms with E-state index >= 15 is 0 Å². The Kier molecular flexibility index (Phi) is 8.30. The quantitative estimate of drug-likeness (QED) is 0.424. The smallest absolute Gasteiger partial charge is 0.337 e. The number of esters is 1. The van der Waals surface area contributed by atoms with Crippen LogP contribution in [0.1, 0.15) is 39.2 Å². The predicted molar refractivity (Wildman–Crippen MR) is 122 cm³/mol. The summed E-state index contributed by atoms with van der Waals surface area (Å²) in [6.07, 6.45) is 0.568. The summed E-state index contributed by atoms with van der Waals surface area (Å²) >= 11 is 3.54. The van der Waals surface area contributed by atoms with Crippen LogP contribution in [0.15, 0.2) is 40.8 Å². The van der Waals surface area contributed by atoms with Crippen molar-refractivity contribution >= 4 is 35.4 Å². The van der Waals surface area contributed by atoms with Crippen molar-refractivity contribution in [3.8, 4) is 0 Å². The maximum atomic E-state index is 12.6. The molecular weight excluding hydrogens is 420 g/mol. The number of amides is 1. The molecule has 1 unspecified atom stereocenters. The van der Waals surface area contributed by atoms with Gasteiger partial charge in [0.2, 0.25) is 5.91 Å². The van der Waals surface area contributed by atoms with Crippen molar-refractivity contribution in [1.82, 2.24) is 9.80 Å². The molecule has 30 heavy (non-hydrogen) atoms. The fourth-order valence-corrected chi connectivity index (χ4v) is 5.37. The van der Waals surface area contributed by atoms with Gasteiger partial charge in [-0.25, -0.2) is 4.79 Å². The van der Waals surface area contributed by atoms with Crippen LogP contribution in [0.3, 0.4) is 0 Å². The van der Waals surface area contributed by atoms with Crippen molar-refractivity contribution in [1.29, 1.82) is 0 Å². The van der Waals surface area contributed by atoms with Crippen molar-refractivity contribution in [2.45, 2.75) is 24.1 Å². The zero-order chi connectivity index (χ0) is 21.5. The molecular formula is C22H28N2O4S2. The number of thioether (sulfide) groups is 2. The van der Waals surface area contributed by atoms with E-state index in [1.54, 1.807) is 35.7 Å². The summed E-state index contributed by atoms with van der Waals surface area (Å²) < 4.78 is 10.6. The van der Waals surface area contributed by atoms with Crippen LogP contribution in [0.2, 0.25) is 0 Å². The second kappa shape index (κ2) is 10.9. The van der Waals surface area contributed by atoms with E-state index in [1.165, 1.54) is 7.11 Å². The summed E-state index contributed by atoms with van der Waals surface area (Å²) in [5.41, 5.74) is 1.55. The van der Waals surface area contributed by atoms with Gasteiger partial charge in [0.05, 0.1) is 25.0 Å². The van der Waals surface area contributed by atoms with Crippen LogP contribution in [-0.2, 0) is 21.8 Å². The monoisotopic (exact) mass is 448 g/mol. The number of methoxy groups -OCH3 is 1. The van der Waals surface area contributed by atoms with Crippen molar-refractivity contribution < 1.29 is 18.7 Å². The highest BCUT2D eigenvalue weighted by atomic mass is 32.2. The molecule has 1 fully saturated rings. The first kappa shape index (κ1) is 22.8. The third-order valence-corrected chi connectivity index (χ3v) is 6.96. The van der Waals surface area contributed by atoms with Crippen LogP contribution in [0.5, 0.6) is 0 Å². The average Bonchev–Trinajstić information content (AvgIpc) is 3.18. The second-order valence-electron chi connectivity index (χ2n) is 7.33. The van der Waals surface area contributed by atoms with Gasteiger partial charge >= 0.3 is 5.97 Å². The lowest BCUT2D eigenvalue weighted by Gasteiger charge is -2.35. The Hall–Kier alpha value is -1.90. The van der Waals surface area contributed by atoms with Gasteiger partial charge in [-0.05, 0) is 43.9 Å². The lowest BCUT2D eigenvalue weighted by atomic mass is 10.1. The standard InChI is InChI=1S/C22H28N2O4S2/c1-23(2)14-18-8-9-19(28-18)15-29-13-11-24-20(25)10-12-30-21(24)16-4-6-17(7-5-16)22(26)27-3/h4-9,21H,10-15H2,1-3H3. The minimum Gasteiger partial charge on any atom is -0.465 e. The molecule has 8 heteroatoms. The SMILES string of the molecule is COC(=O)c1ccc(C2SCCC(=O)N2CCSCc2ccc(CN(C)C)o2)cc1. The lowest BCUT2D eigenvalue weighted by Crippen LogP contribution is -2.38. The van der Waals surface area contributed by atoms with E-state index in [-0.39, 0.29) is 17.3 Å². The van der Waals surface area contributed by atoms with Gasteiger partial charge in [-0.15, -0.1) is 11.8 Å². The first-order valence-electron chi connectivity index (χ1n) is 9.87. The summed E-state index contributed by atoms with van der Waals surface area (Å²) in [5, 5.41) is -0.0196. The first-order valence-corrected chi connectivity index (χ1v) is 12.1. The highest BCUT2D eigenvalue weighted by Crippen LogP contribution is 2.37. The summed E-state index contributed by atoms with van der Waals surface area (Å²) in [6, 6.07) is 11.4. The Bertz CT molecular complexity index is 851. The molecule has 2 aromatic rings. The van der Waals surface area contributed by atoms with E-state index in [4.69, 9.17) is 9.15 Å². The Balaban J connectivity index is 1.55. The molecule has 162 valence electrons. The van der Waals surface area contributed by atoms with E-state index in [0.717, 1.165) is 40.9 Å². The number of rotatable bonds is 9. The molecule has 1 atom stereocenters. The van der Waals surface area contributed by atoms with E-state index < -0.39 is 0 Å². The molecule has 0 bridgehead atoms. The number of hydrogen-bond acceptors (Lipinski definition) is 7. The molecule has 6 nitrogen and oxygen atoms in total. The molecule has 1 aliphatic rings. The molecule has 0 saturated carbocycles. The summed E-state index contributed by atoms with van der Waals surface area (Å²) in [5.74, 6) is 4.21. The number of furan rings is 1. The Morgan fingerprint density at radius 3 is 2.67 bits per heavy atom. The zero-order valence-corrected chi connectivity index (χ0v) is 19.3. The van der Waals surface area contributed by atoms with Gasteiger partial charge in [-0.2, -0.15) is 11.8 Å². The molecule has 1 aromatic heterocycles. The normalized spacial score (nSPS) is 16.9. The fraction of sp³-hybridized carbons (Fsp3) is 0.455. The van der Waals surface area contributed by atoms with Crippen LogP contribution in [0.4, 0.5) is 0 Å². The maximum absolute atomic E-state index is 12.6. The third kappa shape index (κ3) is 6.06. The van der Waals surface area contributed by atoms with Gasteiger partial charge < -0.3 is 19.0 Å². The van der Waals surface area contributed by atoms with Gasteiger partial charge in [0.1, 0.15) is 16.9 Å². The fourth-order valence-electron chi connectivity index (χ4n) is 3.27. The van der Waals surface area contributed by atoms with Gasteiger partial charge in [0, 0.05) is 24.5 Å². The molecule has 1 amide bonds. The van der Waals surface area contributed by atoms with Crippen LogP contribution >= 0.6 is 23.5 Å². The number of carbonyl (C=O) groups excluding carboxylic acids is 2. The third-order valence-electron chi connectivity index (χ3n) is 4.72. The molecule has 0 spiro atoms. The molecule has 1 aromatic carbocycles. The molecule has 0 aliphatic carbocycles. The molecule has 2 heterocycles. The Morgan fingerprint density at radius 2 is 1.97 bits per heavy atom. The minimum absolute atomic E-state index is 0.0196. The average molecular weight is 449 g/mol. The molecule has 1 saturated heterocycles. The molecule has 0 N–H and O–H groups in total. The van der Waals surface area contributed by atoms with Crippen LogP contribution in [0.25, 0.3) is 0 Å². The summed E-state index contributed by atoms with van der Waals surface area (Å²) in [6.45, 7) is 1.48. The zero-order valence-electron chi connectivity index (χ0n) is 17.6. The van der Waals surface area contributed by atoms with Crippen molar-refractivity contribution in [2.75, 3.05) is 39.3 Å². The summed E-state index contributed by atoms with van der Waals surface area (Å²) in [4.78, 5) is 28.3. The Morgan fingerprint density at radius 1 is 1.23 bits per heavy atom. The number of hydrogen-bond donors (Lipinski definition) is 0. The first-order chi connectivity index (χ1) is 14.5. The number of benzene rings is 1. The highest BCUT2D eigenvalue weighted by Gasteiger charge is 2.29. The van der Waals surface area contributed by atoms with Crippen LogP contribution < -0.4 is 0 Å². The maximum Gasteiger partial charge on any atom is 0.337 e. The summed E-state index contributed by atoms with van der Waals surface area (Å²) in [7, 11) is 5.41. The minimum atomic E-state index is -0.353. The van der Waals surface area contributed by atoms with Crippen LogP contribution in [0, 0.1) is 0 Å². The van der Waals surface area contributed by atoms with E-state index in [0.29, 0.717) is 18.5 Å². The molecule has 1 aliphatic heterocycles. The second-order valence-corrected chi connectivity index (χ2v) is 9.63. The Labute approximate surface area is 186 Å². The highest BCUT2D eigenvalue weighted by molar-refractivity contribution is 7.99. The molecule has 3 rings (SSSR count). The van der Waals surface area contributed by atoms with Crippen LogP contribution in [-0.4, -0.2) is 60.9 Å². The largest absolute Gasteiger partial charge is 0.465 e. The topological polar surface area (TPSA) is 63.0 Å². The van der Waals surface area contributed by atoms with Gasteiger partial charge in [-0.3, -0.25) is 4.79 Å². The number of carbonyl (C=O) groups is 2. The number of ether oxygens (including phenoxy) is 1. The van der Waals surface area contributed by atoms with Gasteiger partial charge in [0.25, 0.3) is 0 Å². The predicted octanol–water partition coefficient (Wildman–Crippen LogP) is 4.03. The van der Waals surface area contributed by atoms with Crippen molar-refractivity contribution in [2.24, 2.45) is 0 Å². The van der Waals surface area contributed by atoms with E-state index in [1.807, 2.05) is 43.3 Å². The van der Waals surface area contributed by atoms with Gasteiger partial charge in [-0.1, -0.05) is 12.1 Å². The lowest BCUT2D eigenvalue weighted by molar-refractivity contribution is -0.131. The van der Waals surface area contributed by atoms with Crippen molar-refractivity contribution in [3.05, 3.63) is 59.0 Å².